The number of thiophene rings is 1. The van der Waals surface area contributed by atoms with Crippen LogP contribution in [0.3, 0.4) is 0 Å². The molecular formula is C13H18O2S. The molecule has 0 N–H and O–H groups in total. The number of hydrogen-bond acceptors (Lipinski definition) is 3. The molecule has 0 amide bonds. The highest BCUT2D eigenvalue weighted by atomic mass is 32.1. The van der Waals surface area contributed by atoms with Crippen molar-refractivity contribution in [2.24, 2.45) is 0 Å². The monoisotopic (exact) mass is 238 g/mol. The van der Waals surface area contributed by atoms with Crippen molar-refractivity contribution in [3.63, 3.8) is 0 Å². The summed E-state index contributed by atoms with van der Waals surface area (Å²) in [6.07, 6.45) is 7.48. The van der Waals surface area contributed by atoms with Crippen LogP contribution < -0.4 is 0 Å². The van der Waals surface area contributed by atoms with Gasteiger partial charge in [0.2, 0.25) is 0 Å². The van der Waals surface area contributed by atoms with E-state index in [1.54, 1.807) is 0 Å². The molecule has 2 nitrogen and oxygen atoms in total. The Morgan fingerprint density at radius 3 is 3.12 bits per heavy atom. The van der Waals surface area contributed by atoms with E-state index in [2.05, 4.69) is 11.4 Å². The standard InChI is InChI=1S/C13H18O2S/c1-2-8-14-13(6-1)15-11-4-3-5-12-10(11)7-9-16-12/h7,9,11,13H,1-6,8H2. The zero-order valence-electron chi connectivity index (χ0n) is 9.48. The zero-order valence-corrected chi connectivity index (χ0v) is 10.3. The molecule has 1 fully saturated rings. The average Bonchev–Trinajstić information content (AvgIpc) is 2.80. The molecule has 1 aliphatic carbocycles. The molecule has 0 bridgehead atoms. The average molecular weight is 238 g/mol. The Morgan fingerprint density at radius 2 is 2.25 bits per heavy atom. The Labute approximate surface area is 101 Å². The Morgan fingerprint density at radius 1 is 1.25 bits per heavy atom. The van der Waals surface area contributed by atoms with E-state index in [0.717, 1.165) is 19.4 Å². The maximum Gasteiger partial charge on any atom is 0.158 e. The van der Waals surface area contributed by atoms with Crippen LogP contribution in [-0.2, 0) is 15.9 Å². The normalized spacial score (nSPS) is 30.0. The lowest BCUT2D eigenvalue weighted by molar-refractivity contribution is -0.192. The number of rotatable bonds is 2. The minimum absolute atomic E-state index is 0.0459. The highest BCUT2D eigenvalue weighted by molar-refractivity contribution is 7.10. The van der Waals surface area contributed by atoms with Gasteiger partial charge in [-0.05, 0) is 55.5 Å². The third-order valence-electron chi connectivity index (χ3n) is 3.45. The number of hydrogen-bond donors (Lipinski definition) is 0. The Balaban J connectivity index is 1.67. The summed E-state index contributed by atoms with van der Waals surface area (Å²) in [6.45, 7) is 0.869. The quantitative estimate of drug-likeness (QED) is 0.782. The Bertz CT molecular complexity index is 341. The van der Waals surface area contributed by atoms with Crippen LogP contribution in [0.25, 0.3) is 0 Å². The van der Waals surface area contributed by atoms with Crippen molar-refractivity contribution in [2.45, 2.75) is 50.9 Å². The molecule has 2 heterocycles. The summed E-state index contributed by atoms with van der Waals surface area (Å²) in [6, 6.07) is 2.23. The molecule has 3 rings (SSSR count). The molecule has 16 heavy (non-hydrogen) atoms. The third-order valence-corrected chi connectivity index (χ3v) is 4.45. The van der Waals surface area contributed by atoms with E-state index in [-0.39, 0.29) is 12.4 Å². The molecule has 88 valence electrons. The van der Waals surface area contributed by atoms with Gasteiger partial charge in [-0.25, -0.2) is 0 Å². The van der Waals surface area contributed by atoms with Crippen molar-refractivity contribution >= 4 is 11.3 Å². The third kappa shape index (κ3) is 2.17. The van der Waals surface area contributed by atoms with Gasteiger partial charge >= 0.3 is 0 Å². The fourth-order valence-corrected chi connectivity index (χ4v) is 3.56. The van der Waals surface area contributed by atoms with Gasteiger partial charge in [-0.3, -0.25) is 0 Å². The SMILES string of the molecule is c1cc2c(s1)CCCC2OC1CCCCO1. The van der Waals surface area contributed by atoms with Crippen molar-refractivity contribution < 1.29 is 9.47 Å². The molecule has 0 spiro atoms. The Hall–Kier alpha value is -0.380. The lowest BCUT2D eigenvalue weighted by atomic mass is 9.96. The molecule has 1 aliphatic heterocycles. The topological polar surface area (TPSA) is 18.5 Å². The van der Waals surface area contributed by atoms with Crippen LogP contribution in [0, 0.1) is 0 Å². The van der Waals surface area contributed by atoms with Crippen molar-refractivity contribution in [1.29, 1.82) is 0 Å². The molecule has 2 unspecified atom stereocenters. The summed E-state index contributed by atoms with van der Waals surface area (Å²) in [7, 11) is 0. The number of aryl methyl sites for hydroxylation is 1. The van der Waals surface area contributed by atoms with Gasteiger partial charge in [0.15, 0.2) is 6.29 Å². The van der Waals surface area contributed by atoms with E-state index in [0.29, 0.717) is 0 Å². The van der Waals surface area contributed by atoms with Crippen LogP contribution in [0.1, 0.15) is 48.6 Å². The molecule has 1 aromatic rings. The molecule has 0 aromatic carbocycles. The lowest BCUT2D eigenvalue weighted by Crippen LogP contribution is -2.25. The van der Waals surface area contributed by atoms with Crippen molar-refractivity contribution in [3.8, 4) is 0 Å². The maximum atomic E-state index is 6.10. The molecular weight excluding hydrogens is 220 g/mol. The second-order valence-corrected chi connectivity index (χ2v) is 5.61. The largest absolute Gasteiger partial charge is 0.353 e. The van der Waals surface area contributed by atoms with Crippen LogP contribution in [-0.4, -0.2) is 12.9 Å². The maximum absolute atomic E-state index is 6.10. The second kappa shape index (κ2) is 4.86. The lowest BCUT2D eigenvalue weighted by Gasteiger charge is -2.30. The van der Waals surface area contributed by atoms with Gasteiger partial charge in [0.1, 0.15) is 0 Å². The van der Waals surface area contributed by atoms with E-state index in [9.17, 15) is 0 Å². The smallest absolute Gasteiger partial charge is 0.158 e. The van der Waals surface area contributed by atoms with Gasteiger partial charge in [0, 0.05) is 11.5 Å². The first-order chi connectivity index (χ1) is 7.93. The highest BCUT2D eigenvalue weighted by Crippen LogP contribution is 2.37. The van der Waals surface area contributed by atoms with Crippen molar-refractivity contribution in [2.75, 3.05) is 6.61 Å². The van der Waals surface area contributed by atoms with Gasteiger partial charge < -0.3 is 9.47 Å². The van der Waals surface area contributed by atoms with E-state index < -0.39 is 0 Å². The first kappa shape index (κ1) is 10.8. The van der Waals surface area contributed by atoms with Gasteiger partial charge in [-0.1, -0.05) is 0 Å². The van der Waals surface area contributed by atoms with E-state index in [4.69, 9.17) is 9.47 Å². The molecule has 1 aromatic heterocycles. The van der Waals surface area contributed by atoms with Crippen LogP contribution in [0.5, 0.6) is 0 Å². The summed E-state index contributed by atoms with van der Waals surface area (Å²) >= 11 is 1.87. The van der Waals surface area contributed by atoms with Gasteiger partial charge in [-0.2, -0.15) is 0 Å². The van der Waals surface area contributed by atoms with Gasteiger partial charge in [0.05, 0.1) is 6.10 Å². The summed E-state index contributed by atoms with van der Waals surface area (Å²) in [4.78, 5) is 1.52. The van der Waals surface area contributed by atoms with Crippen LogP contribution >= 0.6 is 11.3 Å². The highest BCUT2D eigenvalue weighted by Gasteiger charge is 2.26. The molecule has 1 saturated heterocycles. The molecule has 2 aliphatic rings. The number of ether oxygens (including phenoxy) is 2. The fourth-order valence-electron chi connectivity index (χ4n) is 2.59. The Kier molecular flexibility index (Phi) is 3.27. The number of fused-ring (bicyclic) bond motifs is 1. The zero-order chi connectivity index (χ0) is 10.8. The molecule has 3 heteroatoms. The van der Waals surface area contributed by atoms with Gasteiger partial charge in [0.25, 0.3) is 0 Å². The van der Waals surface area contributed by atoms with Crippen LogP contribution in [0.2, 0.25) is 0 Å². The van der Waals surface area contributed by atoms with E-state index in [1.807, 2.05) is 11.3 Å². The van der Waals surface area contributed by atoms with E-state index >= 15 is 0 Å². The first-order valence-electron chi connectivity index (χ1n) is 6.27. The summed E-state index contributed by atoms with van der Waals surface area (Å²) < 4.78 is 11.8. The minimum Gasteiger partial charge on any atom is -0.353 e. The summed E-state index contributed by atoms with van der Waals surface area (Å²) in [5, 5.41) is 2.19. The predicted molar refractivity (Wildman–Crippen MR) is 64.7 cm³/mol. The second-order valence-electron chi connectivity index (χ2n) is 4.61. The molecule has 0 saturated carbocycles. The van der Waals surface area contributed by atoms with Crippen LogP contribution in [0.15, 0.2) is 11.4 Å². The molecule has 0 radical (unpaired) electrons. The fraction of sp³-hybridized carbons (Fsp3) is 0.692. The van der Waals surface area contributed by atoms with Crippen molar-refractivity contribution in [1.82, 2.24) is 0 Å². The van der Waals surface area contributed by atoms with Crippen LogP contribution in [0.4, 0.5) is 0 Å². The molecule has 2 atom stereocenters. The van der Waals surface area contributed by atoms with Gasteiger partial charge in [-0.15, -0.1) is 11.3 Å². The predicted octanol–water partition coefficient (Wildman–Crippen LogP) is 3.67. The first-order valence-corrected chi connectivity index (χ1v) is 7.15. The minimum atomic E-state index is 0.0459. The summed E-state index contributed by atoms with van der Waals surface area (Å²) in [5.74, 6) is 0. The van der Waals surface area contributed by atoms with Crippen molar-refractivity contribution in [3.05, 3.63) is 21.9 Å². The summed E-state index contributed by atoms with van der Waals surface area (Å²) in [5.41, 5.74) is 1.42. The van der Waals surface area contributed by atoms with E-state index in [1.165, 1.54) is 36.1 Å².